The molecule has 19 heavy (non-hydrogen) atoms. The van der Waals surface area contributed by atoms with E-state index in [1.54, 1.807) is 0 Å². The molecule has 4 heteroatoms. The molecule has 0 aromatic carbocycles. The number of piperidine rings is 2. The van der Waals surface area contributed by atoms with Gasteiger partial charge < -0.3 is 14.5 Å². The summed E-state index contributed by atoms with van der Waals surface area (Å²) in [7, 11) is 0. The SMILES string of the molecule is CC(C)N1CC2CC(CN(C(=O)OC(C)(C)C)C2)C1. The number of rotatable bonds is 1. The highest BCUT2D eigenvalue weighted by Gasteiger charge is 2.37. The van der Waals surface area contributed by atoms with Crippen molar-refractivity contribution < 1.29 is 9.53 Å². The standard InChI is InChI=1S/C15H28N2O2/c1-11(2)16-7-12-6-13(8-16)10-17(9-12)14(18)19-15(3,4)5/h11-13H,6-10H2,1-5H3. The van der Waals surface area contributed by atoms with Gasteiger partial charge in [0.05, 0.1) is 0 Å². The van der Waals surface area contributed by atoms with Gasteiger partial charge in [-0.2, -0.15) is 0 Å². The van der Waals surface area contributed by atoms with E-state index in [9.17, 15) is 4.79 Å². The third kappa shape index (κ3) is 3.85. The molecule has 110 valence electrons. The molecule has 4 nitrogen and oxygen atoms in total. The molecule has 2 atom stereocenters. The highest BCUT2D eigenvalue weighted by Crippen LogP contribution is 2.30. The molecule has 0 N–H and O–H groups in total. The molecular weight excluding hydrogens is 240 g/mol. The maximum Gasteiger partial charge on any atom is 0.410 e. The smallest absolute Gasteiger partial charge is 0.410 e. The first-order valence-corrected chi connectivity index (χ1v) is 7.46. The van der Waals surface area contributed by atoms with E-state index < -0.39 is 5.60 Å². The highest BCUT2D eigenvalue weighted by molar-refractivity contribution is 5.68. The van der Waals surface area contributed by atoms with Crippen molar-refractivity contribution in [2.24, 2.45) is 11.8 Å². The molecule has 2 aliphatic heterocycles. The summed E-state index contributed by atoms with van der Waals surface area (Å²) in [5.41, 5.74) is -0.395. The minimum atomic E-state index is -0.395. The van der Waals surface area contributed by atoms with Crippen LogP contribution in [0.1, 0.15) is 41.0 Å². The zero-order chi connectivity index (χ0) is 14.2. The van der Waals surface area contributed by atoms with Gasteiger partial charge in [0.15, 0.2) is 0 Å². The molecule has 2 heterocycles. The maximum atomic E-state index is 12.2. The minimum Gasteiger partial charge on any atom is -0.444 e. The van der Waals surface area contributed by atoms with Gasteiger partial charge in [0.25, 0.3) is 0 Å². The lowest BCUT2D eigenvalue weighted by molar-refractivity contribution is -0.0143. The van der Waals surface area contributed by atoms with E-state index in [-0.39, 0.29) is 6.09 Å². The molecule has 2 unspecified atom stereocenters. The van der Waals surface area contributed by atoms with Crippen LogP contribution in [0.2, 0.25) is 0 Å². The van der Waals surface area contributed by atoms with Gasteiger partial charge in [-0.25, -0.2) is 4.79 Å². The van der Waals surface area contributed by atoms with E-state index in [1.165, 1.54) is 6.42 Å². The van der Waals surface area contributed by atoms with Crippen molar-refractivity contribution in [1.29, 1.82) is 0 Å². The van der Waals surface area contributed by atoms with Crippen LogP contribution in [-0.4, -0.2) is 53.7 Å². The van der Waals surface area contributed by atoms with E-state index >= 15 is 0 Å². The molecule has 0 radical (unpaired) electrons. The first kappa shape index (κ1) is 14.6. The monoisotopic (exact) mass is 268 g/mol. The van der Waals surface area contributed by atoms with Gasteiger partial charge in [-0.15, -0.1) is 0 Å². The van der Waals surface area contributed by atoms with Crippen LogP contribution in [0.25, 0.3) is 0 Å². The number of fused-ring (bicyclic) bond motifs is 2. The summed E-state index contributed by atoms with van der Waals surface area (Å²) in [5.74, 6) is 1.23. The Bertz CT molecular complexity index is 322. The summed E-state index contributed by atoms with van der Waals surface area (Å²) in [6, 6.07) is 0.610. The first-order chi connectivity index (χ1) is 8.74. The van der Waals surface area contributed by atoms with Crippen LogP contribution in [0.5, 0.6) is 0 Å². The molecule has 0 saturated carbocycles. The third-order valence-electron chi connectivity index (χ3n) is 3.99. The lowest BCUT2D eigenvalue weighted by atomic mass is 9.84. The van der Waals surface area contributed by atoms with E-state index in [2.05, 4.69) is 18.7 Å². The number of hydrogen-bond acceptors (Lipinski definition) is 3. The minimum absolute atomic E-state index is 0.139. The summed E-state index contributed by atoms with van der Waals surface area (Å²) < 4.78 is 5.49. The predicted molar refractivity (Wildman–Crippen MR) is 76.1 cm³/mol. The van der Waals surface area contributed by atoms with Crippen molar-refractivity contribution in [3.8, 4) is 0 Å². The van der Waals surface area contributed by atoms with Crippen molar-refractivity contribution in [3.63, 3.8) is 0 Å². The fraction of sp³-hybridized carbons (Fsp3) is 0.933. The zero-order valence-corrected chi connectivity index (χ0v) is 13.0. The van der Waals surface area contributed by atoms with E-state index in [4.69, 9.17) is 4.74 Å². The molecule has 2 rings (SSSR count). The highest BCUT2D eigenvalue weighted by atomic mass is 16.6. The number of carbonyl (C=O) groups is 1. The van der Waals surface area contributed by atoms with Crippen LogP contribution in [-0.2, 0) is 4.74 Å². The summed E-state index contributed by atoms with van der Waals surface area (Å²) >= 11 is 0. The van der Waals surface area contributed by atoms with Crippen molar-refractivity contribution >= 4 is 6.09 Å². The number of nitrogens with zero attached hydrogens (tertiary/aromatic N) is 2. The fourth-order valence-electron chi connectivity index (χ4n) is 3.22. The van der Waals surface area contributed by atoms with Gasteiger partial charge in [-0.05, 0) is 52.9 Å². The lowest BCUT2D eigenvalue weighted by Gasteiger charge is -2.47. The summed E-state index contributed by atoms with van der Waals surface area (Å²) in [6.07, 6.45) is 1.13. The molecular formula is C15H28N2O2. The molecule has 1 amide bonds. The van der Waals surface area contributed by atoms with Crippen LogP contribution < -0.4 is 0 Å². The van der Waals surface area contributed by atoms with Crippen molar-refractivity contribution in [3.05, 3.63) is 0 Å². The van der Waals surface area contributed by atoms with Crippen LogP contribution in [0.15, 0.2) is 0 Å². The molecule has 0 aromatic heterocycles. The summed E-state index contributed by atoms with van der Waals surface area (Å²) in [5, 5.41) is 0. The second kappa shape index (κ2) is 5.31. The van der Waals surface area contributed by atoms with Crippen LogP contribution in [0, 0.1) is 11.8 Å². The second-order valence-corrected chi connectivity index (χ2v) is 7.40. The molecule has 2 saturated heterocycles. The topological polar surface area (TPSA) is 32.8 Å². The average Bonchev–Trinajstić information content (AvgIpc) is 2.25. The van der Waals surface area contributed by atoms with Gasteiger partial charge in [0.2, 0.25) is 0 Å². The predicted octanol–water partition coefficient (Wildman–Crippen LogP) is 2.58. The Morgan fingerprint density at radius 3 is 2.05 bits per heavy atom. The Balaban J connectivity index is 1.94. The largest absolute Gasteiger partial charge is 0.444 e. The van der Waals surface area contributed by atoms with E-state index in [0.717, 1.165) is 26.2 Å². The number of likely N-dealkylation sites (tertiary alicyclic amines) is 2. The van der Waals surface area contributed by atoms with Crippen LogP contribution in [0.4, 0.5) is 4.79 Å². The van der Waals surface area contributed by atoms with Crippen LogP contribution in [0.3, 0.4) is 0 Å². The van der Waals surface area contributed by atoms with Crippen LogP contribution >= 0.6 is 0 Å². The molecule has 0 spiro atoms. The molecule has 2 aliphatic rings. The van der Waals surface area contributed by atoms with E-state index in [0.29, 0.717) is 17.9 Å². The molecule has 0 aliphatic carbocycles. The Labute approximate surface area is 117 Å². The third-order valence-corrected chi connectivity index (χ3v) is 3.99. The van der Waals surface area contributed by atoms with Gasteiger partial charge in [0.1, 0.15) is 5.60 Å². The normalized spacial score (nSPS) is 28.6. The zero-order valence-electron chi connectivity index (χ0n) is 13.0. The second-order valence-electron chi connectivity index (χ2n) is 7.40. The van der Waals surface area contributed by atoms with E-state index in [1.807, 2.05) is 25.7 Å². The summed E-state index contributed by atoms with van der Waals surface area (Å²) in [6.45, 7) is 14.2. The quantitative estimate of drug-likeness (QED) is 0.733. The Morgan fingerprint density at radius 2 is 1.63 bits per heavy atom. The molecule has 0 aromatic rings. The number of carbonyl (C=O) groups excluding carboxylic acids is 1. The van der Waals surface area contributed by atoms with Gasteiger partial charge in [-0.3, -0.25) is 0 Å². The molecule has 2 bridgehead atoms. The Morgan fingerprint density at radius 1 is 1.11 bits per heavy atom. The number of hydrogen-bond donors (Lipinski definition) is 0. The van der Waals surface area contributed by atoms with Crippen molar-refractivity contribution in [1.82, 2.24) is 9.80 Å². The molecule has 2 fully saturated rings. The fourth-order valence-corrected chi connectivity index (χ4v) is 3.22. The van der Waals surface area contributed by atoms with Gasteiger partial charge in [0, 0.05) is 32.2 Å². The maximum absolute atomic E-state index is 12.2. The average molecular weight is 268 g/mol. The number of amides is 1. The lowest BCUT2D eigenvalue weighted by Crippen LogP contribution is -2.56. The van der Waals surface area contributed by atoms with Crippen molar-refractivity contribution in [2.45, 2.75) is 52.7 Å². The Hall–Kier alpha value is -0.770. The van der Waals surface area contributed by atoms with Crippen molar-refractivity contribution in [2.75, 3.05) is 26.2 Å². The number of ether oxygens (including phenoxy) is 1. The first-order valence-electron chi connectivity index (χ1n) is 7.46. The van der Waals surface area contributed by atoms with Gasteiger partial charge >= 0.3 is 6.09 Å². The Kier molecular flexibility index (Phi) is 4.09. The van der Waals surface area contributed by atoms with Gasteiger partial charge in [-0.1, -0.05) is 0 Å². The summed E-state index contributed by atoms with van der Waals surface area (Å²) in [4.78, 5) is 16.6.